The van der Waals surface area contributed by atoms with Crippen molar-refractivity contribution in [2.24, 2.45) is 0 Å². The van der Waals surface area contributed by atoms with Crippen LogP contribution < -0.4 is 5.30 Å². The Morgan fingerprint density at radius 3 is 2.38 bits per heavy atom. The molecule has 0 nitrogen and oxygen atoms in total. The van der Waals surface area contributed by atoms with E-state index in [4.69, 9.17) is 0 Å². The van der Waals surface area contributed by atoms with Crippen LogP contribution in [0.3, 0.4) is 0 Å². The van der Waals surface area contributed by atoms with Gasteiger partial charge in [0, 0.05) is 0 Å². The Labute approximate surface area is 81.7 Å². The standard InChI is InChI=1S/C12H15P/c1-3-5-11-13(4-2)12-9-7-6-8-10-12/h3-4,6-10H,1-2,5,11H2/p+1. The van der Waals surface area contributed by atoms with E-state index >= 15 is 0 Å². The SMILES string of the molecule is C=CCC[PH+](C=C)c1ccccc1. The molecule has 1 atom stereocenters. The van der Waals surface area contributed by atoms with Crippen molar-refractivity contribution in [1.29, 1.82) is 0 Å². The average Bonchev–Trinajstić information content (AvgIpc) is 2.21. The first-order chi connectivity index (χ1) is 6.38. The molecule has 0 amide bonds. The Kier molecular flexibility index (Phi) is 4.49. The minimum absolute atomic E-state index is 0.532. The third-order valence-electron chi connectivity index (χ3n) is 2.01. The summed E-state index contributed by atoms with van der Waals surface area (Å²) in [6.07, 6.45) is 4.29. The topological polar surface area (TPSA) is 0 Å². The van der Waals surface area contributed by atoms with E-state index in [1.807, 2.05) is 6.08 Å². The lowest BCUT2D eigenvalue weighted by Gasteiger charge is -2.02. The fraction of sp³-hybridized carbons (Fsp3) is 0.167. The molecule has 0 aliphatic heterocycles. The summed E-state index contributed by atoms with van der Waals surface area (Å²) in [5.41, 5.74) is 0. The molecule has 0 bridgehead atoms. The van der Waals surface area contributed by atoms with Gasteiger partial charge in [-0.15, -0.1) is 6.58 Å². The molecule has 0 fully saturated rings. The first-order valence-electron chi connectivity index (χ1n) is 4.53. The van der Waals surface area contributed by atoms with E-state index in [-0.39, 0.29) is 0 Å². The largest absolute Gasteiger partial charge is 0.103 e. The molecule has 0 N–H and O–H groups in total. The fourth-order valence-electron chi connectivity index (χ4n) is 1.27. The zero-order valence-corrected chi connectivity index (χ0v) is 8.87. The predicted molar refractivity (Wildman–Crippen MR) is 64.3 cm³/mol. The van der Waals surface area contributed by atoms with E-state index in [2.05, 4.69) is 49.3 Å². The highest BCUT2D eigenvalue weighted by Crippen LogP contribution is 2.35. The van der Waals surface area contributed by atoms with Gasteiger partial charge in [-0.1, -0.05) is 30.9 Å². The van der Waals surface area contributed by atoms with Crippen LogP contribution >= 0.6 is 7.92 Å². The molecular weight excluding hydrogens is 175 g/mol. The van der Waals surface area contributed by atoms with Crippen molar-refractivity contribution in [2.75, 3.05) is 6.16 Å². The molecule has 0 saturated carbocycles. The van der Waals surface area contributed by atoms with E-state index in [9.17, 15) is 0 Å². The van der Waals surface area contributed by atoms with E-state index in [0.717, 1.165) is 6.42 Å². The maximum Gasteiger partial charge on any atom is 0.0960 e. The lowest BCUT2D eigenvalue weighted by atomic mass is 10.4. The molecule has 1 aromatic carbocycles. The Bertz CT molecular complexity index is 264. The predicted octanol–water partition coefficient (Wildman–Crippen LogP) is 3.25. The number of allylic oxidation sites excluding steroid dienone is 1. The van der Waals surface area contributed by atoms with Crippen LogP contribution in [0.1, 0.15) is 6.42 Å². The highest BCUT2D eigenvalue weighted by molar-refractivity contribution is 7.68. The molecule has 0 saturated heterocycles. The summed E-state index contributed by atoms with van der Waals surface area (Å²) in [6, 6.07) is 10.6. The van der Waals surface area contributed by atoms with Gasteiger partial charge >= 0.3 is 0 Å². The molecule has 1 aromatic rings. The monoisotopic (exact) mass is 191 g/mol. The van der Waals surface area contributed by atoms with Crippen molar-refractivity contribution < 1.29 is 0 Å². The van der Waals surface area contributed by atoms with Gasteiger partial charge in [-0.05, 0) is 18.6 Å². The van der Waals surface area contributed by atoms with Gasteiger partial charge in [0.05, 0.1) is 25.2 Å². The van der Waals surface area contributed by atoms with Crippen LogP contribution in [0.4, 0.5) is 0 Å². The summed E-state index contributed by atoms with van der Waals surface area (Å²) in [4.78, 5) is 0. The number of hydrogen-bond acceptors (Lipinski definition) is 0. The van der Waals surface area contributed by atoms with E-state index in [1.165, 1.54) is 11.5 Å². The Balaban J connectivity index is 2.66. The second-order valence-corrected chi connectivity index (χ2v) is 5.46. The second kappa shape index (κ2) is 5.72. The van der Waals surface area contributed by atoms with Gasteiger partial charge in [0.2, 0.25) is 0 Å². The molecule has 0 aliphatic carbocycles. The molecule has 0 radical (unpaired) electrons. The van der Waals surface area contributed by atoms with Gasteiger partial charge < -0.3 is 0 Å². The quantitative estimate of drug-likeness (QED) is 0.495. The van der Waals surface area contributed by atoms with Gasteiger partial charge in [-0.2, -0.15) is 0 Å². The summed E-state index contributed by atoms with van der Waals surface area (Å²) in [5, 5.41) is 1.45. The number of rotatable bonds is 5. The first-order valence-corrected chi connectivity index (χ1v) is 6.31. The molecule has 68 valence electrons. The van der Waals surface area contributed by atoms with Crippen molar-refractivity contribution in [3.8, 4) is 0 Å². The smallest absolute Gasteiger partial charge is 0.0960 e. The van der Waals surface area contributed by atoms with Gasteiger partial charge in [-0.25, -0.2) is 0 Å². The second-order valence-electron chi connectivity index (χ2n) is 2.92. The average molecular weight is 191 g/mol. The molecule has 0 aliphatic rings. The summed E-state index contributed by atoms with van der Waals surface area (Å²) >= 11 is 0. The molecular formula is C12H16P+. The Hall–Kier alpha value is -0.870. The Morgan fingerprint density at radius 2 is 1.85 bits per heavy atom. The van der Waals surface area contributed by atoms with Crippen molar-refractivity contribution in [3.63, 3.8) is 0 Å². The van der Waals surface area contributed by atoms with Crippen LogP contribution in [0.15, 0.2) is 55.4 Å². The van der Waals surface area contributed by atoms with Gasteiger partial charge in [0.25, 0.3) is 0 Å². The van der Waals surface area contributed by atoms with Crippen LogP contribution in [-0.4, -0.2) is 6.16 Å². The van der Waals surface area contributed by atoms with E-state index in [0.29, 0.717) is 0 Å². The molecule has 1 heteroatoms. The van der Waals surface area contributed by atoms with Crippen LogP contribution in [0.5, 0.6) is 0 Å². The van der Waals surface area contributed by atoms with Gasteiger partial charge in [-0.3, -0.25) is 0 Å². The molecule has 0 heterocycles. The highest BCUT2D eigenvalue weighted by atomic mass is 31.1. The molecule has 1 rings (SSSR count). The minimum Gasteiger partial charge on any atom is -0.103 e. The lowest BCUT2D eigenvalue weighted by molar-refractivity contribution is 1.24. The van der Waals surface area contributed by atoms with Crippen molar-refractivity contribution >= 4 is 13.2 Å². The van der Waals surface area contributed by atoms with E-state index in [1.54, 1.807) is 0 Å². The summed E-state index contributed by atoms with van der Waals surface area (Å²) in [6.45, 7) is 7.64. The third kappa shape index (κ3) is 3.16. The fourth-order valence-corrected chi connectivity index (χ4v) is 3.14. The van der Waals surface area contributed by atoms with Gasteiger partial charge in [0.1, 0.15) is 0 Å². The van der Waals surface area contributed by atoms with Crippen LogP contribution in [-0.2, 0) is 0 Å². The number of benzene rings is 1. The lowest BCUT2D eigenvalue weighted by Crippen LogP contribution is -1.99. The van der Waals surface area contributed by atoms with Crippen molar-refractivity contribution in [2.45, 2.75) is 6.42 Å². The third-order valence-corrected chi connectivity index (χ3v) is 4.40. The molecule has 0 spiro atoms. The molecule has 1 unspecified atom stereocenters. The number of hydrogen-bond donors (Lipinski definition) is 0. The van der Waals surface area contributed by atoms with Crippen molar-refractivity contribution in [1.82, 2.24) is 0 Å². The molecule has 0 aromatic heterocycles. The maximum atomic E-state index is 3.90. The Morgan fingerprint density at radius 1 is 1.15 bits per heavy atom. The highest BCUT2D eigenvalue weighted by Gasteiger charge is 2.12. The summed E-state index contributed by atoms with van der Waals surface area (Å²) in [7, 11) is -0.532. The summed E-state index contributed by atoms with van der Waals surface area (Å²) < 4.78 is 0. The first kappa shape index (κ1) is 10.2. The van der Waals surface area contributed by atoms with Crippen LogP contribution in [0, 0.1) is 0 Å². The van der Waals surface area contributed by atoms with Crippen LogP contribution in [0.2, 0.25) is 0 Å². The minimum atomic E-state index is -0.532. The van der Waals surface area contributed by atoms with Gasteiger partial charge in [0.15, 0.2) is 0 Å². The summed E-state index contributed by atoms with van der Waals surface area (Å²) in [5.74, 6) is 2.11. The zero-order chi connectivity index (χ0) is 9.52. The van der Waals surface area contributed by atoms with Crippen molar-refractivity contribution in [3.05, 3.63) is 55.4 Å². The zero-order valence-electron chi connectivity index (χ0n) is 7.87. The van der Waals surface area contributed by atoms with E-state index < -0.39 is 7.92 Å². The normalized spacial score (nSPS) is 12.0. The maximum absolute atomic E-state index is 3.90. The van der Waals surface area contributed by atoms with Crippen LogP contribution in [0.25, 0.3) is 0 Å². The molecule has 13 heavy (non-hydrogen) atoms.